The van der Waals surface area contributed by atoms with Crippen LogP contribution in [0.1, 0.15) is 86.0 Å². The van der Waals surface area contributed by atoms with Gasteiger partial charge in [0.1, 0.15) is 0 Å². The molecule has 2 aromatic carbocycles. The van der Waals surface area contributed by atoms with Crippen molar-refractivity contribution >= 4 is 28.9 Å². The molecule has 1 aliphatic rings. The predicted molar refractivity (Wildman–Crippen MR) is 162 cm³/mol. The van der Waals surface area contributed by atoms with Gasteiger partial charge in [0.15, 0.2) is 0 Å². The topological polar surface area (TPSA) is 62.8 Å². The summed E-state index contributed by atoms with van der Waals surface area (Å²) in [5.41, 5.74) is 16.1. The molecule has 0 atom stereocenters. The monoisotopic (exact) mass is 509 g/mol. The van der Waals surface area contributed by atoms with Gasteiger partial charge in [-0.1, -0.05) is 81.8 Å². The van der Waals surface area contributed by atoms with Gasteiger partial charge >= 0.3 is 0 Å². The maximum absolute atomic E-state index is 14.1. The number of aryl methyl sites for hydroxylation is 2. The summed E-state index contributed by atoms with van der Waals surface area (Å²) < 4.78 is 14.1. The summed E-state index contributed by atoms with van der Waals surface area (Å²) in [4.78, 5) is 4.67. The lowest BCUT2D eigenvalue weighted by Gasteiger charge is -2.32. The first-order chi connectivity index (χ1) is 18.3. The fourth-order valence-corrected chi connectivity index (χ4v) is 4.79. The average molecular weight is 510 g/mol. The second-order valence-electron chi connectivity index (χ2n) is 9.67. The quantitative estimate of drug-likeness (QED) is 0.181. The van der Waals surface area contributed by atoms with Gasteiger partial charge in [0.05, 0.1) is 5.56 Å². The van der Waals surface area contributed by atoms with Crippen molar-refractivity contribution in [3.8, 4) is 0 Å². The number of aromatic nitrogens is 1. The van der Waals surface area contributed by atoms with E-state index in [1.54, 1.807) is 12.1 Å². The van der Waals surface area contributed by atoms with E-state index in [1.807, 2.05) is 52.1 Å². The minimum atomic E-state index is -1.02. The second kappa shape index (κ2) is 13.1. The molecule has 1 fully saturated rings. The molecule has 0 radical (unpaired) electrons. The van der Waals surface area contributed by atoms with E-state index in [0.717, 1.165) is 58.4 Å². The Labute approximate surface area is 227 Å². The number of hydrogen-bond acceptors (Lipinski definition) is 3. The lowest BCUT2D eigenvalue weighted by atomic mass is 9.72. The zero-order valence-corrected chi connectivity index (χ0v) is 23.4. The molecule has 0 unspecified atom stereocenters. The number of allylic oxidation sites excluding steroid dienone is 3. The first-order valence-electron chi connectivity index (χ1n) is 13.6. The molecular weight excluding hydrogens is 469 g/mol. The van der Waals surface area contributed by atoms with Crippen LogP contribution in [0.2, 0.25) is 0 Å². The van der Waals surface area contributed by atoms with Crippen molar-refractivity contribution in [1.29, 1.82) is 5.41 Å². The van der Waals surface area contributed by atoms with E-state index in [0.29, 0.717) is 5.92 Å². The Morgan fingerprint density at radius 2 is 1.74 bits per heavy atom. The van der Waals surface area contributed by atoms with Gasteiger partial charge in [-0.15, -0.1) is 0 Å². The number of nitrogens with one attached hydrogen (secondary N) is 1. The minimum absolute atomic E-state index is 0.122. The first kappa shape index (κ1) is 28.8. The molecule has 0 spiro atoms. The molecule has 3 N–H and O–H groups in total. The van der Waals surface area contributed by atoms with Crippen molar-refractivity contribution in [3.05, 3.63) is 112 Å². The number of nitrogen functional groups attached to an aromatic ring is 1. The molecular formula is C34H40FN3. The third-order valence-corrected chi connectivity index (χ3v) is 6.92. The van der Waals surface area contributed by atoms with Crippen molar-refractivity contribution in [1.82, 2.24) is 4.98 Å². The van der Waals surface area contributed by atoms with Crippen LogP contribution in [0.5, 0.6) is 0 Å². The van der Waals surface area contributed by atoms with Gasteiger partial charge < -0.3 is 5.73 Å². The van der Waals surface area contributed by atoms with Crippen LogP contribution in [0, 0.1) is 18.3 Å². The fourth-order valence-electron chi connectivity index (χ4n) is 4.79. The highest BCUT2D eigenvalue weighted by Gasteiger charge is 2.29. The summed E-state index contributed by atoms with van der Waals surface area (Å²) >= 11 is 0. The number of anilines is 1. The Morgan fingerprint density at radius 1 is 1.08 bits per heavy atom. The molecule has 0 amide bonds. The Morgan fingerprint density at radius 3 is 2.29 bits per heavy atom. The molecule has 1 aliphatic carbocycles. The van der Waals surface area contributed by atoms with Crippen LogP contribution in [0.3, 0.4) is 0 Å². The van der Waals surface area contributed by atoms with E-state index in [1.165, 1.54) is 17.6 Å². The van der Waals surface area contributed by atoms with E-state index in [9.17, 15) is 4.39 Å². The third-order valence-electron chi connectivity index (χ3n) is 6.92. The number of benzene rings is 2. The maximum Gasteiger partial charge on any atom is 0.214 e. The van der Waals surface area contributed by atoms with E-state index in [-0.39, 0.29) is 11.3 Å². The summed E-state index contributed by atoms with van der Waals surface area (Å²) in [6, 6.07) is 16.0. The summed E-state index contributed by atoms with van der Waals surface area (Å²) in [5.74, 6) is -0.631. The molecule has 38 heavy (non-hydrogen) atoms. The molecule has 0 bridgehead atoms. The smallest absolute Gasteiger partial charge is 0.214 e. The highest BCUT2D eigenvalue weighted by Crippen LogP contribution is 2.46. The number of halogens is 1. The number of rotatable bonds is 8. The van der Waals surface area contributed by atoms with Gasteiger partial charge in [0.25, 0.3) is 0 Å². The Kier molecular flexibility index (Phi) is 9.95. The summed E-state index contributed by atoms with van der Waals surface area (Å²) in [6.45, 7) is 14.1. The van der Waals surface area contributed by atoms with Gasteiger partial charge in [-0.25, -0.2) is 0 Å². The maximum atomic E-state index is 14.1. The molecule has 0 saturated heterocycles. The highest BCUT2D eigenvalue weighted by atomic mass is 19.1. The van der Waals surface area contributed by atoms with Gasteiger partial charge in [0.2, 0.25) is 5.97 Å². The Bertz CT molecular complexity index is 1360. The van der Waals surface area contributed by atoms with Crippen LogP contribution < -0.4 is 5.73 Å². The van der Waals surface area contributed by atoms with Crippen LogP contribution >= 0.6 is 0 Å². The number of pyridine rings is 1. The summed E-state index contributed by atoms with van der Waals surface area (Å²) in [6.07, 6.45) is 10.3. The zero-order chi connectivity index (χ0) is 27.8. The van der Waals surface area contributed by atoms with Crippen LogP contribution in [-0.2, 0) is 6.42 Å². The predicted octanol–water partition coefficient (Wildman–Crippen LogP) is 9.20. The largest absolute Gasteiger partial charge is 0.398 e. The van der Waals surface area contributed by atoms with Gasteiger partial charge in [-0.3, -0.25) is 10.4 Å². The normalized spacial score (nSPS) is 13.8. The van der Waals surface area contributed by atoms with Crippen LogP contribution in [-0.4, -0.2) is 10.9 Å². The van der Waals surface area contributed by atoms with E-state index < -0.39 is 5.97 Å². The lowest BCUT2D eigenvalue weighted by Crippen LogP contribution is -2.16. The molecule has 3 aromatic rings. The molecule has 0 aliphatic heterocycles. The molecule has 198 valence electrons. The van der Waals surface area contributed by atoms with Crippen molar-refractivity contribution < 1.29 is 4.39 Å². The summed E-state index contributed by atoms with van der Waals surface area (Å²) in [7, 11) is 0. The van der Waals surface area contributed by atoms with Crippen LogP contribution in [0.15, 0.2) is 73.0 Å². The molecule has 1 saturated carbocycles. The highest BCUT2D eigenvalue weighted by molar-refractivity contribution is 6.03. The minimum Gasteiger partial charge on any atom is -0.398 e. The van der Waals surface area contributed by atoms with Gasteiger partial charge in [0, 0.05) is 23.1 Å². The molecule has 1 heterocycles. The van der Waals surface area contributed by atoms with E-state index in [2.05, 4.69) is 48.8 Å². The van der Waals surface area contributed by atoms with Crippen LogP contribution in [0.4, 0.5) is 10.1 Å². The van der Waals surface area contributed by atoms with Gasteiger partial charge in [-0.05, 0) is 90.6 Å². The second-order valence-corrected chi connectivity index (χ2v) is 9.67. The van der Waals surface area contributed by atoms with Crippen LogP contribution in [0.25, 0.3) is 17.2 Å². The van der Waals surface area contributed by atoms with Crippen molar-refractivity contribution in [2.75, 3.05) is 5.73 Å². The molecule has 4 rings (SSSR count). The molecule has 3 nitrogen and oxygen atoms in total. The summed E-state index contributed by atoms with van der Waals surface area (Å²) in [5, 5.41) is 7.63. The van der Waals surface area contributed by atoms with Gasteiger partial charge in [-0.2, -0.15) is 4.39 Å². The first-order valence-corrected chi connectivity index (χ1v) is 13.6. The van der Waals surface area contributed by atoms with Crippen molar-refractivity contribution in [3.63, 3.8) is 0 Å². The third kappa shape index (κ3) is 6.55. The molecule has 4 heteroatoms. The lowest BCUT2D eigenvalue weighted by molar-refractivity contribution is 0.401. The number of nitrogens with two attached hydrogens (primary N) is 1. The fraction of sp³-hybridized carbons (Fsp3) is 0.294. The van der Waals surface area contributed by atoms with E-state index in [4.69, 9.17) is 11.1 Å². The Balaban J connectivity index is 0.00000195. The SMILES string of the molecule is C=C(C)/C=C/c1ccc(/C(=C(\c2cnc(C)cc2CC)C2CCC2)c2ccc(N)c(C(=N)F)c2)cc1.CC. The number of hydrogen-bond donors (Lipinski definition) is 2. The zero-order valence-electron chi connectivity index (χ0n) is 23.4. The number of nitrogens with zero attached hydrogens (tertiary/aromatic N) is 1. The Hall–Kier alpha value is -3.79. The van der Waals surface area contributed by atoms with Crippen molar-refractivity contribution in [2.24, 2.45) is 5.92 Å². The molecule has 1 aromatic heterocycles. The average Bonchev–Trinajstić information content (AvgIpc) is 2.88. The standard InChI is InChI=1S/C32H34FN3.C2H6/c1-5-23-17-21(4)36-19-28(23)31(24-7-6-8-24)30(26-15-16-29(34)27(18-26)32(33)35)25-13-11-22(12-14-25)10-9-20(2)3;1-2/h9-19,24,35H,2,5-8,34H2,1,3-4H3;1-2H3/b10-9+,31-30+,35-32?;. The van der Waals surface area contributed by atoms with E-state index >= 15 is 0 Å². The van der Waals surface area contributed by atoms with Crippen molar-refractivity contribution in [2.45, 2.75) is 60.3 Å².